The molecule has 1 saturated heterocycles. The number of rotatable bonds is 4. The van der Waals surface area contributed by atoms with Gasteiger partial charge in [-0.05, 0) is 6.92 Å². The van der Waals surface area contributed by atoms with Crippen molar-refractivity contribution in [1.29, 1.82) is 0 Å². The second-order valence-electron chi connectivity index (χ2n) is 5.57. The average molecular weight is 314 g/mol. The standard InChI is InChI=1S/C13H22N4O3S/c1-11-12(10-15(2)14-11)13(18)17-6-4-16(5-7-17)8-9-21(3,19)20/h10H,4-9H2,1-3H3. The maximum atomic E-state index is 12.4. The summed E-state index contributed by atoms with van der Waals surface area (Å²) in [7, 11) is -1.13. The van der Waals surface area contributed by atoms with Crippen molar-refractivity contribution in [1.82, 2.24) is 19.6 Å². The SMILES string of the molecule is Cc1nn(C)cc1C(=O)N1CCN(CCS(C)(=O)=O)CC1. The van der Waals surface area contributed by atoms with E-state index in [4.69, 9.17) is 0 Å². The number of carbonyl (C=O) groups excluding carboxylic acids is 1. The highest BCUT2D eigenvalue weighted by molar-refractivity contribution is 7.90. The Labute approximate surface area is 125 Å². The topological polar surface area (TPSA) is 75.5 Å². The summed E-state index contributed by atoms with van der Waals surface area (Å²) >= 11 is 0. The molecule has 0 aliphatic carbocycles. The molecular weight excluding hydrogens is 292 g/mol. The van der Waals surface area contributed by atoms with Gasteiger partial charge in [-0.1, -0.05) is 0 Å². The summed E-state index contributed by atoms with van der Waals surface area (Å²) in [5.74, 6) is 0.172. The fourth-order valence-electron chi connectivity index (χ4n) is 2.45. The monoisotopic (exact) mass is 314 g/mol. The van der Waals surface area contributed by atoms with Crippen molar-refractivity contribution in [2.45, 2.75) is 6.92 Å². The average Bonchev–Trinajstić information content (AvgIpc) is 2.74. The molecule has 118 valence electrons. The van der Waals surface area contributed by atoms with Crippen molar-refractivity contribution < 1.29 is 13.2 Å². The maximum absolute atomic E-state index is 12.4. The van der Waals surface area contributed by atoms with Crippen LogP contribution in [0.3, 0.4) is 0 Å². The van der Waals surface area contributed by atoms with Crippen LogP contribution in [0.5, 0.6) is 0 Å². The second kappa shape index (κ2) is 6.15. The Bertz CT molecular complexity index is 615. The van der Waals surface area contributed by atoms with Crippen molar-refractivity contribution in [2.75, 3.05) is 44.7 Å². The third kappa shape index (κ3) is 4.28. The van der Waals surface area contributed by atoms with Crippen LogP contribution in [0.1, 0.15) is 16.1 Å². The summed E-state index contributed by atoms with van der Waals surface area (Å²) in [5, 5.41) is 4.19. The number of sulfone groups is 1. The van der Waals surface area contributed by atoms with Crippen LogP contribution in [0.2, 0.25) is 0 Å². The molecule has 1 fully saturated rings. The van der Waals surface area contributed by atoms with Gasteiger partial charge in [0.15, 0.2) is 0 Å². The quantitative estimate of drug-likeness (QED) is 0.751. The van der Waals surface area contributed by atoms with Crippen LogP contribution < -0.4 is 0 Å². The Balaban J connectivity index is 1.89. The number of carbonyl (C=O) groups is 1. The Morgan fingerprint density at radius 2 is 1.90 bits per heavy atom. The highest BCUT2D eigenvalue weighted by Gasteiger charge is 2.24. The second-order valence-corrected chi connectivity index (χ2v) is 7.83. The van der Waals surface area contributed by atoms with Crippen LogP contribution in [0.25, 0.3) is 0 Å². The van der Waals surface area contributed by atoms with E-state index in [0.29, 0.717) is 38.3 Å². The van der Waals surface area contributed by atoms with Crippen molar-refractivity contribution in [3.05, 3.63) is 17.5 Å². The largest absolute Gasteiger partial charge is 0.336 e. The zero-order chi connectivity index (χ0) is 15.6. The number of nitrogens with zero attached hydrogens (tertiary/aromatic N) is 4. The fraction of sp³-hybridized carbons (Fsp3) is 0.692. The van der Waals surface area contributed by atoms with Gasteiger partial charge in [0.1, 0.15) is 9.84 Å². The predicted octanol–water partition coefficient (Wildman–Crippen LogP) is -0.469. The van der Waals surface area contributed by atoms with E-state index in [2.05, 4.69) is 10.00 Å². The van der Waals surface area contributed by atoms with Gasteiger partial charge in [0.25, 0.3) is 5.91 Å². The lowest BCUT2D eigenvalue weighted by molar-refractivity contribution is 0.0643. The molecule has 0 aromatic carbocycles. The Morgan fingerprint density at radius 1 is 1.29 bits per heavy atom. The van der Waals surface area contributed by atoms with Gasteiger partial charge in [0.05, 0.1) is 17.0 Å². The van der Waals surface area contributed by atoms with Crippen molar-refractivity contribution in [2.24, 2.45) is 7.05 Å². The van der Waals surface area contributed by atoms with E-state index in [1.165, 1.54) is 6.26 Å². The molecule has 1 aliphatic heterocycles. The van der Waals surface area contributed by atoms with Gasteiger partial charge in [0, 0.05) is 52.2 Å². The van der Waals surface area contributed by atoms with E-state index in [0.717, 1.165) is 5.69 Å². The first-order chi connectivity index (χ1) is 9.76. The molecule has 0 spiro atoms. The maximum Gasteiger partial charge on any atom is 0.257 e. The van der Waals surface area contributed by atoms with Crippen LogP contribution in [-0.2, 0) is 16.9 Å². The number of hydrogen-bond acceptors (Lipinski definition) is 5. The lowest BCUT2D eigenvalue weighted by Gasteiger charge is -2.34. The minimum absolute atomic E-state index is 0.00311. The zero-order valence-corrected chi connectivity index (χ0v) is 13.6. The van der Waals surface area contributed by atoms with Gasteiger partial charge in [-0.25, -0.2) is 8.42 Å². The molecule has 1 amide bonds. The number of piperazine rings is 1. The van der Waals surface area contributed by atoms with Crippen LogP contribution >= 0.6 is 0 Å². The molecule has 0 unspecified atom stereocenters. The van der Waals surface area contributed by atoms with Crippen LogP contribution in [0, 0.1) is 6.92 Å². The van der Waals surface area contributed by atoms with Crippen molar-refractivity contribution >= 4 is 15.7 Å². The molecule has 0 radical (unpaired) electrons. The molecule has 7 nitrogen and oxygen atoms in total. The van der Waals surface area contributed by atoms with Gasteiger partial charge in [0.2, 0.25) is 0 Å². The third-order valence-corrected chi connectivity index (χ3v) is 4.61. The highest BCUT2D eigenvalue weighted by Crippen LogP contribution is 2.11. The number of hydrogen-bond donors (Lipinski definition) is 0. The molecular formula is C13H22N4O3S. The van der Waals surface area contributed by atoms with Gasteiger partial charge in [-0.15, -0.1) is 0 Å². The molecule has 8 heteroatoms. The number of aromatic nitrogens is 2. The predicted molar refractivity (Wildman–Crippen MR) is 80.0 cm³/mol. The van der Waals surface area contributed by atoms with E-state index in [1.54, 1.807) is 22.8 Å². The van der Waals surface area contributed by atoms with Crippen LogP contribution in [0.4, 0.5) is 0 Å². The van der Waals surface area contributed by atoms with Gasteiger partial charge < -0.3 is 4.90 Å². The smallest absolute Gasteiger partial charge is 0.257 e. The molecule has 1 aromatic heterocycles. The van der Waals surface area contributed by atoms with Gasteiger partial charge in [-0.2, -0.15) is 5.10 Å². The Morgan fingerprint density at radius 3 is 2.38 bits per heavy atom. The molecule has 1 aromatic rings. The summed E-state index contributed by atoms with van der Waals surface area (Å²) in [6.45, 7) is 5.03. The molecule has 0 saturated carbocycles. The first-order valence-electron chi connectivity index (χ1n) is 6.96. The molecule has 0 atom stereocenters. The van der Waals surface area contributed by atoms with E-state index in [-0.39, 0.29) is 11.7 Å². The van der Waals surface area contributed by atoms with E-state index in [9.17, 15) is 13.2 Å². The molecule has 0 N–H and O–H groups in total. The van der Waals surface area contributed by atoms with Gasteiger partial charge in [-0.3, -0.25) is 14.4 Å². The third-order valence-electron chi connectivity index (χ3n) is 3.68. The summed E-state index contributed by atoms with van der Waals surface area (Å²) < 4.78 is 24.0. The van der Waals surface area contributed by atoms with Crippen molar-refractivity contribution in [3.8, 4) is 0 Å². The summed E-state index contributed by atoms with van der Waals surface area (Å²) in [6.07, 6.45) is 2.99. The zero-order valence-electron chi connectivity index (χ0n) is 12.7. The lowest BCUT2D eigenvalue weighted by Crippen LogP contribution is -2.49. The molecule has 2 heterocycles. The van der Waals surface area contributed by atoms with Crippen LogP contribution in [-0.4, -0.2) is 78.6 Å². The Kier molecular flexibility index (Phi) is 4.67. The lowest BCUT2D eigenvalue weighted by atomic mass is 10.2. The molecule has 0 bridgehead atoms. The van der Waals surface area contributed by atoms with Crippen LogP contribution in [0.15, 0.2) is 6.20 Å². The Hall–Kier alpha value is -1.41. The normalized spacial score (nSPS) is 17.2. The van der Waals surface area contributed by atoms with E-state index >= 15 is 0 Å². The van der Waals surface area contributed by atoms with E-state index in [1.807, 2.05) is 6.92 Å². The molecule has 1 aliphatic rings. The molecule has 21 heavy (non-hydrogen) atoms. The minimum atomic E-state index is -2.93. The summed E-state index contributed by atoms with van der Waals surface area (Å²) in [6, 6.07) is 0. The summed E-state index contributed by atoms with van der Waals surface area (Å²) in [4.78, 5) is 16.3. The minimum Gasteiger partial charge on any atom is -0.336 e. The summed E-state index contributed by atoms with van der Waals surface area (Å²) in [5.41, 5.74) is 1.38. The molecule has 2 rings (SSSR count). The highest BCUT2D eigenvalue weighted by atomic mass is 32.2. The first kappa shape index (κ1) is 16.0. The fourth-order valence-corrected chi connectivity index (χ4v) is 3.04. The first-order valence-corrected chi connectivity index (χ1v) is 9.02. The van der Waals surface area contributed by atoms with Gasteiger partial charge >= 0.3 is 0 Å². The number of aryl methyl sites for hydroxylation is 2. The number of amides is 1. The van der Waals surface area contributed by atoms with Crippen molar-refractivity contribution in [3.63, 3.8) is 0 Å². The van der Waals surface area contributed by atoms with E-state index < -0.39 is 9.84 Å².